The lowest BCUT2D eigenvalue weighted by atomic mass is 9.73. The molecule has 4 aliphatic rings. The van der Waals surface area contributed by atoms with Gasteiger partial charge in [0, 0.05) is 39.5 Å². The van der Waals surface area contributed by atoms with E-state index in [4.69, 9.17) is 0 Å². The number of nitrogens with zero attached hydrogens (tertiary/aromatic N) is 2. The van der Waals surface area contributed by atoms with Crippen molar-refractivity contribution in [2.24, 2.45) is 0 Å². The highest BCUT2D eigenvalue weighted by Crippen LogP contribution is 2.53. The molecule has 0 atom stereocenters. The molecule has 0 unspecified atom stereocenters. The first-order valence-electron chi connectivity index (χ1n) is 23.2. The van der Waals surface area contributed by atoms with E-state index < -0.39 is 0 Å². The van der Waals surface area contributed by atoms with Gasteiger partial charge in [0.2, 0.25) is 0 Å². The van der Waals surface area contributed by atoms with Gasteiger partial charge in [-0.1, -0.05) is 166 Å². The monoisotopic (exact) mass is 814 g/mol. The molecule has 308 valence electrons. The molecule has 2 nitrogen and oxygen atoms in total. The lowest BCUT2D eigenvalue weighted by molar-refractivity contribution is 0.490. The molecule has 0 saturated carbocycles. The first-order chi connectivity index (χ1) is 31.1. The van der Waals surface area contributed by atoms with E-state index in [0.717, 1.165) is 51.4 Å². The Bertz CT molecular complexity index is 2920. The van der Waals surface area contributed by atoms with Crippen LogP contribution in [0, 0.1) is 0 Å². The van der Waals surface area contributed by atoms with Gasteiger partial charge in [0.15, 0.2) is 0 Å². The first kappa shape index (κ1) is 39.0. The van der Waals surface area contributed by atoms with Crippen LogP contribution >= 0.6 is 0 Å². The van der Waals surface area contributed by atoms with E-state index in [0.29, 0.717) is 0 Å². The van der Waals surface area contributed by atoms with Gasteiger partial charge in [0.25, 0.3) is 0 Å². The molecule has 0 bridgehead atoms. The lowest BCUT2D eigenvalue weighted by Crippen LogP contribution is -2.23. The summed E-state index contributed by atoms with van der Waals surface area (Å²) in [5.74, 6) is 0. The molecular formula is C61H54N2. The van der Waals surface area contributed by atoms with Gasteiger partial charge in [-0.25, -0.2) is 0 Å². The van der Waals surface area contributed by atoms with Gasteiger partial charge >= 0.3 is 0 Å². The summed E-state index contributed by atoms with van der Waals surface area (Å²) in [6.45, 7) is 4.73. The van der Waals surface area contributed by atoms with Crippen LogP contribution in [0.3, 0.4) is 0 Å². The second-order valence-corrected chi connectivity index (χ2v) is 17.7. The maximum absolute atomic E-state index is 2.52. The topological polar surface area (TPSA) is 6.48 Å². The van der Waals surface area contributed by atoms with Crippen LogP contribution in [0.4, 0.5) is 28.4 Å². The molecule has 2 aliphatic carbocycles. The molecule has 2 heterocycles. The zero-order chi connectivity index (χ0) is 42.3. The van der Waals surface area contributed by atoms with Gasteiger partial charge in [-0.3, -0.25) is 0 Å². The Kier molecular flexibility index (Phi) is 10.2. The summed E-state index contributed by atoms with van der Waals surface area (Å²) < 4.78 is 0. The number of hydrogen-bond donors (Lipinski definition) is 0. The van der Waals surface area contributed by atoms with Gasteiger partial charge in [0.1, 0.15) is 0 Å². The summed E-state index contributed by atoms with van der Waals surface area (Å²) in [5.41, 5.74) is 24.0. The highest BCUT2D eigenvalue weighted by molar-refractivity contribution is 5.86. The summed E-state index contributed by atoms with van der Waals surface area (Å²) in [4.78, 5) is 4.96. The van der Waals surface area contributed by atoms with E-state index in [1.807, 2.05) is 0 Å². The largest absolute Gasteiger partial charge is 0.314 e. The summed E-state index contributed by atoms with van der Waals surface area (Å²) in [6, 6.07) is 59.1. The molecule has 0 fully saturated rings. The van der Waals surface area contributed by atoms with Gasteiger partial charge < -0.3 is 9.80 Å². The zero-order valence-corrected chi connectivity index (χ0v) is 36.5. The van der Waals surface area contributed by atoms with Crippen LogP contribution in [0.5, 0.6) is 0 Å². The number of para-hydroxylation sites is 3. The maximum Gasteiger partial charge on any atom is 0.0493 e. The highest BCUT2D eigenvalue weighted by Gasteiger charge is 2.40. The minimum Gasteiger partial charge on any atom is -0.314 e. The van der Waals surface area contributed by atoms with Crippen molar-refractivity contribution in [1.29, 1.82) is 0 Å². The van der Waals surface area contributed by atoms with Crippen LogP contribution in [-0.2, 0) is 24.7 Å². The number of anilines is 5. The first-order valence-corrected chi connectivity index (χ1v) is 23.2. The summed E-state index contributed by atoms with van der Waals surface area (Å²) in [6.07, 6.45) is 22.4. The molecule has 0 spiro atoms. The molecule has 0 aromatic heterocycles. The normalized spacial score (nSPS) is 16.0. The highest BCUT2D eigenvalue weighted by atomic mass is 15.2. The van der Waals surface area contributed by atoms with Crippen molar-refractivity contribution in [1.82, 2.24) is 0 Å². The fourth-order valence-electron chi connectivity index (χ4n) is 11.0. The third kappa shape index (κ3) is 6.99. The average molecular weight is 815 g/mol. The van der Waals surface area contributed by atoms with Crippen molar-refractivity contribution in [2.45, 2.75) is 70.6 Å². The van der Waals surface area contributed by atoms with Crippen LogP contribution in [0.1, 0.15) is 96.0 Å². The smallest absolute Gasteiger partial charge is 0.0493 e. The number of fused-ring (bicyclic) bond motifs is 6. The van der Waals surface area contributed by atoms with Crippen LogP contribution in [0.15, 0.2) is 181 Å². The van der Waals surface area contributed by atoms with Crippen LogP contribution in [-0.4, -0.2) is 0 Å². The van der Waals surface area contributed by atoms with Crippen molar-refractivity contribution >= 4 is 52.7 Å². The fourth-order valence-corrected chi connectivity index (χ4v) is 11.0. The molecule has 0 amide bonds. The Balaban J connectivity index is 0.835. The molecular weight excluding hydrogens is 761 g/mol. The number of rotatable bonds is 8. The van der Waals surface area contributed by atoms with E-state index >= 15 is 0 Å². The van der Waals surface area contributed by atoms with E-state index in [9.17, 15) is 0 Å². The Morgan fingerprint density at radius 3 is 1.38 bits per heavy atom. The lowest BCUT2D eigenvalue weighted by Gasteiger charge is -2.30. The van der Waals surface area contributed by atoms with E-state index in [-0.39, 0.29) is 5.41 Å². The molecule has 0 N–H and O–H groups in total. The Hall–Kier alpha value is -6.90. The third-order valence-electron chi connectivity index (χ3n) is 14.4. The van der Waals surface area contributed by atoms with Crippen molar-refractivity contribution in [2.75, 3.05) is 9.80 Å². The molecule has 63 heavy (non-hydrogen) atoms. The van der Waals surface area contributed by atoms with Crippen LogP contribution in [0.2, 0.25) is 0 Å². The number of hydrogen-bond acceptors (Lipinski definition) is 2. The van der Waals surface area contributed by atoms with Gasteiger partial charge in [0.05, 0.1) is 0 Å². The number of benzene rings is 7. The van der Waals surface area contributed by atoms with Crippen molar-refractivity contribution in [3.8, 4) is 11.1 Å². The summed E-state index contributed by atoms with van der Waals surface area (Å²) >= 11 is 0. The predicted octanol–water partition coefficient (Wildman–Crippen LogP) is 16.4. The van der Waals surface area contributed by atoms with E-state index in [1.54, 1.807) is 0 Å². The average Bonchev–Trinajstić information content (AvgIpc) is 3.42. The third-order valence-corrected chi connectivity index (χ3v) is 14.4. The Morgan fingerprint density at radius 1 is 0.444 bits per heavy atom. The predicted molar refractivity (Wildman–Crippen MR) is 268 cm³/mol. The van der Waals surface area contributed by atoms with Crippen LogP contribution < -0.4 is 9.80 Å². The molecule has 7 aromatic carbocycles. The molecule has 11 rings (SSSR count). The maximum atomic E-state index is 2.52. The Labute approximate surface area is 373 Å². The second-order valence-electron chi connectivity index (χ2n) is 17.7. The van der Waals surface area contributed by atoms with Crippen molar-refractivity contribution < 1.29 is 0 Å². The minimum atomic E-state index is -0.0211. The SMILES string of the molecule is CCC1(CC)c2cc(/C=C/c3ccc(N4C5=C(C=CCC5)CCc5ccccc54)cc3)ccc2-c2ccc(/C=C/c3ccc(N4c5ccccc5CCc5ccccc54)cc3)cc21. The molecule has 0 saturated heterocycles. The quantitative estimate of drug-likeness (QED) is 0.141. The molecule has 2 aliphatic heterocycles. The van der Waals surface area contributed by atoms with Gasteiger partial charge in [-0.2, -0.15) is 0 Å². The van der Waals surface area contributed by atoms with E-state index in [2.05, 4.69) is 218 Å². The summed E-state index contributed by atoms with van der Waals surface area (Å²) in [5, 5.41) is 0. The number of allylic oxidation sites excluding steroid dienone is 4. The van der Waals surface area contributed by atoms with Gasteiger partial charge in [-0.05, 0) is 161 Å². The molecule has 7 aromatic rings. The van der Waals surface area contributed by atoms with Crippen molar-refractivity contribution in [3.05, 3.63) is 231 Å². The Morgan fingerprint density at radius 2 is 0.873 bits per heavy atom. The standard InChI is InChI=1S/C61H54N2/c1-3-61(4-2)55-41-45(23-21-43-25-35-51(36-26-43)62-57-17-9-5-13-47(57)31-32-48-14-6-10-18-58(48)62)29-39-53(55)54-40-30-46(42-56(54)61)24-22-44-27-37-52(38-28-44)63-59-19-11-7-15-49(59)33-34-50-16-8-12-20-60(50)63/h5-11,13-19,21-30,35-42H,3-4,12,20,31-34H2,1-2H3/b23-21+,24-22+. The number of aryl methyl sites for hydroxylation is 3. The fraction of sp³-hybridized carbons (Fsp3) is 0.180. The summed E-state index contributed by atoms with van der Waals surface area (Å²) in [7, 11) is 0. The molecule has 2 heteroatoms. The zero-order valence-electron chi connectivity index (χ0n) is 36.5. The van der Waals surface area contributed by atoms with Crippen molar-refractivity contribution in [3.63, 3.8) is 0 Å². The van der Waals surface area contributed by atoms with E-state index in [1.165, 1.54) is 101 Å². The second kappa shape index (κ2) is 16.4. The minimum absolute atomic E-state index is 0.0211. The molecule has 0 radical (unpaired) electrons. The van der Waals surface area contributed by atoms with Gasteiger partial charge in [-0.15, -0.1) is 0 Å². The van der Waals surface area contributed by atoms with Crippen LogP contribution in [0.25, 0.3) is 35.4 Å².